The van der Waals surface area contributed by atoms with Gasteiger partial charge in [-0.15, -0.1) is 0 Å². The Labute approximate surface area is 229 Å². The van der Waals surface area contributed by atoms with Gasteiger partial charge in [0.1, 0.15) is 5.82 Å². The third kappa shape index (κ3) is 5.89. The van der Waals surface area contributed by atoms with E-state index in [1.54, 1.807) is 12.1 Å². The second-order valence-electron chi connectivity index (χ2n) is 10.3. The maximum atomic E-state index is 13.9. The van der Waals surface area contributed by atoms with E-state index in [0.29, 0.717) is 25.1 Å². The number of H-pyrrole nitrogens is 1. The molecular weight excluding hydrogens is 510 g/mol. The predicted octanol–water partition coefficient (Wildman–Crippen LogP) is 4.26. The summed E-state index contributed by atoms with van der Waals surface area (Å²) in [6.45, 7) is 4.26. The molecule has 4 aromatic rings. The monoisotopic (exact) mass is 543 g/mol. The van der Waals surface area contributed by atoms with Gasteiger partial charge in [0.25, 0.3) is 0 Å². The van der Waals surface area contributed by atoms with Gasteiger partial charge in [0, 0.05) is 18.7 Å². The highest BCUT2D eigenvalue weighted by molar-refractivity contribution is 7.92. The van der Waals surface area contributed by atoms with Crippen LogP contribution < -0.4 is 10.5 Å². The molecular formula is C30H33N5O3S. The first-order valence-electron chi connectivity index (χ1n) is 12.9. The number of aryl methyl sites for hydroxylation is 2. The summed E-state index contributed by atoms with van der Waals surface area (Å²) in [6.07, 6.45) is 3.91. The highest BCUT2D eigenvalue weighted by Gasteiger charge is 2.35. The largest absolute Gasteiger partial charge is 0.340 e. The molecule has 0 aliphatic carbocycles. The van der Waals surface area contributed by atoms with Gasteiger partial charge in [-0.1, -0.05) is 54.6 Å². The van der Waals surface area contributed by atoms with Crippen molar-refractivity contribution in [2.75, 3.05) is 11.0 Å². The number of benzene rings is 3. The minimum absolute atomic E-state index is 0.149. The fourth-order valence-electron chi connectivity index (χ4n) is 5.38. The topological polar surface area (TPSA) is 121 Å². The molecule has 0 unspecified atom stereocenters. The van der Waals surface area contributed by atoms with E-state index in [9.17, 15) is 13.2 Å². The number of carbonyl (C=O) groups excluding carboxylic acids is 1. The predicted molar refractivity (Wildman–Crippen MR) is 154 cm³/mol. The van der Waals surface area contributed by atoms with Crippen LogP contribution in [0.25, 0.3) is 11.3 Å². The Bertz CT molecular complexity index is 1590. The Hall–Kier alpha value is -3.95. The van der Waals surface area contributed by atoms with Gasteiger partial charge in [0.15, 0.2) is 0 Å². The fourth-order valence-corrected chi connectivity index (χ4v) is 5.92. The molecule has 0 fully saturated rings. The Kier molecular flexibility index (Phi) is 7.29. The number of amides is 1. The number of sulfonamides is 1. The number of fused-ring (bicyclic) bond motifs is 1. The SMILES string of the molecule is Cc1cc(NS(C)(=O)=O)cc(C)c1C[C@H](N)C(=O)N1Cc2ccccc2C[C@H]1c1ncc(-c2ccccc2)[nH]1. The van der Waals surface area contributed by atoms with Crippen molar-refractivity contribution in [3.63, 3.8) is 0 Å². The minimum atomic E-state index is -3.39. The van der Waals surface area contributed by atoms with E-state index in [-0.39, 0.29) is 11.9 Å². The molecule has 0 bridgehead atoms. The van der Waals surface area contributed by atoms with Crippen LogP contribution in [0.3, 0.4) is 0 Å². The van der Waals surface area contributed by atoms with Gasteiger partial charge in [0.05, 0.1) is 30.2 Å². The smallest absolute Gasteiger partial charge is 0.240 e. The molecule has 1 amide bonds. The summed E-state index contributed by atoms with van der Waals surface area (Å²) in [5, 5.41) is 0. The maximum Gasteiger partial charge on any atom is 0.240 e. The third-order valence-electron chi connectivity index (χ3n) is 7.27. The first-order valence-corrected chi connectivity index (χ1v) is 14.8. The molecule has 2 heterocycles. The summed E-state index contributed by atoms with van der Waals surface area (Å²) in [4.78, 5) is 23.9. The van der Waals surface area contributed by atoms with Crippen LogP contribution in [0.1, 0.15) is 39.7 Å². The molecule has 1 aliphatic rings. The lowest BCUT2D eigenvalue weighted by Gasteiger charge is -2.37. The fraction of sp³-hybridized carbons (Fsp3) is 0.267. The summed E-state index contributed by atoms with van der Waals surface area (Å²) in [5.41, 5.74) is 14.0. The molecule has 39 heavy (non-hydrogen) atoms. The van der Waals surface area contributed by atoms with E-state index in [2.05, 4.69) is 26.8 Å². The number of anilines is 1. The van der Waals surface area contributed by atoms with Gasteiger partial charge in [-0.25, -0.2) is 13.4 Å². The standard InChI is InChI=1S/C30H33N5O3S/c1-19-13-24(34-39(3,37)38)14-20(2)25(19)16-26(31)30(36)35-18-23-12-8-7-11-22(23)15-28(35)29-32-17-27(33-29)21-9-5-4-6-10-21/h4-14,17,26,28,34H,15-16,18,31H2,1-3H3,(H,32,33)/t26-,28-/m0/s1. The van der Waals surface area contributed by atoms with Gasteiger partial charge >= 0.3 is 0 Å². The van der Waals surface area contributed by atoms with Gasteiger partial charge in [-0.2, -0.15) is 0 Å². The second kappa shape index (κ2) is 10.7. The molecule has 1 aromatic heterocycles. The van der Waals surface area contributed by atoms with E-state index < -0.39 is 16.1 Å². The first-order chi connectivity index (χ1) is 18.6. The van der Waals surface area contributed by atoms with E-state index >= 15 is 0 Å². The van der Waals surface area contributed by atoms with Gasteiger partial charge < -0.3 is 15.6 Å². The van der Waals surface area contributed by atoms with Gasteiger partial charge in [-0.05, 0) is 65.8 Å². The van der Waals surface area contributed by atoms with Crippen LogP contribution in [0, 0.1) is 13.8 Å². The summed E-state index contributed by atoms with van der Waals surface area (Å²) in [5.74, 6) is 0.580. The third-order valence-corrected chi connectivity index (χ3v) is 7.87. The van der Waals surface area contributed by atoms with Gasteiger partial charge in [0.2, 0.25) is 15.9 Å². The Morgan fingerprint density at radius 3 is 2.38 bits per heavy atom. The molecule has 9 heteroatoms. The molecule has 0 radical (unpaired) electrons. The van der Waals surface area contributed by atoms with Crippen LogP contribution >= 0.6 is 0 Å². The van der Waals surface area contributed by atoms with E-state index in [0.717, 1.165) is 45.6 Å². The van der Waals surface area contributed by atoms with E-state index in [4.69, 9.17) is 5.73 Å². The Morgan fingerprint density at radius 1 is 1.08 bits per heavy atom. The number of aromatic nitrogens is 2. The number of aromatic amines is 1. The van der Waals surface area contributed by atoms with E-state index in [1.807, 2.05) is 67.4 Å². The average molecular weight is 544 g/mol. The van der Waals surface area contributed by atoms with E-state index in [1.165, 1.54) is 5.56 Å². The number of carbonyl (C=O) groups is 1. The number of nitrogens with zero attached hydrogens (tertiary/aromatic N) is 2. The molecule has 4 N–H and O–H groups in total. The van der Waals surface area contributed by atoms with Crippen molar-refractivity contribution in [1.82, 2.24) is 14.9 Å². The average Bonchev–Trinajstić information content (AvgIpc) is 3.39. The molecule has 3 aromatic carbocycles. The normalized spacial score (nSPS) is 16.0. The van der Waals surface area contributed by atoms with Crippen molar-refractivity contribution in [3.05, 3.63) is 107 Å². The van der Waals surface area contributed by atoms with Crippen molar-refractivity contribution in [1.29, 1.82) is 0 Å². The molecule has 2 atom stereocenters. The van der Waals surface area contributed by atoms with Crippen LogP contribution in [0.2, 0.25) is 0 Å². The summed E-state index contributed by atoms with van der Waals surface area (Å²) in [6, 6.07) is 20.6. The molecule has 0 saturated heterocycles. The zero-order valence-corrected chi connectivity index (χ0v) is 23.1. The molecule has 5 rings (SSSR count). The zero-order valence-electron chi connectivity index (χ0n) is 22.3. The zero-order chi connectivity index (χ0) is 27.7. The Balaban J connectivity index is 1.42. The molecule has 1 aliphatic heterocycles. The van der Waals surface area contributed by atoms with Crippen LogP contribution in [0.4, 0.5) is 5.69 Å². The highest BCUT2D eigenvalue weighted by atomic mass is 32.2. The minimum Gasteiger partial charge on any atom is -0.340 e. The summed E-state index contributed by atoms with van der Waals surface area (Å²) in [7, 11) is -3.39. The van der Waals surface area contributed by atoms with Crippen molar-refractivity contribution in [3.8, 4) is 11.3 Å². The van der Waals surface area contributed by atoms with Crippen LogP contribution in [0.5, 0.6) is 0 Å². The van der Waals surface area contributed by atoms with Crippen LogP contribution in [-0.2, 0) is 34.2 Å². The number of nitrogens with two attached hydrogens (primary N) is 1. The van der Waals surface area contributed by atoms with Gasteiger partial charge in [-0.3, -0.25) is 9.52 Å². The highest BCUT2D eigenvalue weighted by Crippen LogP contribution is 2.34. The lowest BCUT2D eigenvalue weighted by molar-refractivity contribution is -0.136. The molecule has 0 spiro atoms. The number of rotatable bonds is 7. The molecule has 8 nitrogen and oxygen atoms in total. The number of hydrogen-bond donors (Lipinski definition) is 3. The van der Waals surface area contributed by atoms with Crippen molar-refractivity contribution >= 4 is 21.6 Å². The lowest BCUT2D eigenvalue weighted by Crippen LogP contribution is -2.48. The van der Waals surface area contributed by atoms with Crippen molar-refractivity contribution in [2.45, 2.75) is 45.3 Å². The van der Waals surface area contributed by atoms with Crippen molar-refractivity contribution < 1.29 is 13.2 Å². The summed E-state index contributed by atoms with van der Waals surface area (Å²) < 4.78 is 25.9. The van der Waals surface area contributed by atoms with Crippen LogP contribution in [0.15, 0.2) is 72.9 Å². The first kappa shape index (κ1) is 26.6. The maximum absolute atomic E-state index is 13.9. The number of hydrogen-bond acceptors (Lipinski definition) is 5. The molecule has 202 valence electrons. The Morgan fingerprint density at radius 2 is 1.72 bits per heavy atom. The number of imidazole rings is 1. The molecule has 0 saturated carbocycles. The van der Waals surface area contributed by atoms with Crippen LogP contribution in [-0.4, -0.2) is 41.5 Å². The lowest BCUT2D eigenvalue weighted by atomic mass is 9.91. The second-order valence-corrected chi connectivity index (χ2v) is 12.0. The van der Waals surface area contributed by atoms with Crippen molar-refractivity contribution in [2.24, 2.45) is 5.73 Å². The quantitative estimate of drug-likeness (QED) is 0.322. The summed E-state index contributed by atoms with van der Waals surface area (Å²) >= 11 is 0. The number of nitrogens with one attached hydrogen (secondary N) is 2.